The summed E-state index contributed by atoms with van der Waals surface area (Å²) in [7, 11) is 0. The Bertz CT molecular complexity index is 408. The third-order valence-corrected chi connectivity index (χ3v) is 5.17. The largest absolute Gasteiger partial charge is 0.345 e. The molecular formula is C16H29N3S. The summed E-state index contributed by atoms with van der Waals surface area (Å²) >= 11 is 1.83. The van der Waals surface area contributed by atoms with Gasteiger partial charge in [-0.05, 0) is 25.2 Å². The minimum atomic E-state index is 0.632. The Hall–Kier alpha value is -0.610. The summed E-state index contributed by atoms with van der Waals surface area (Å²) in [5, 5.41) is 1.22. The summed E-state index contributed by atoms with van der Waals surface area (Å²) < 4.78 is 0. The topological polar surface area (TPSA) is 42.2 Å². The van der Waals surface area contributed by atoms with Crippen LogP contribution >= 0.6 is 11.3 Å². The van der Waals surface area contributed by atoms with Crippen LogP contribution < -0.4 is 10.6 Å². The van der Waals surface area contributed by atoms with Crippen LogP contribution in [-0.2, 0) is 13.0 Å². The fourth-order valence-corrected chi connectivity index (χ4v) is 4.14. The summed E-state index contributed by atoms with van der Waals surface area (Å²) in [6, 6.07) is 0.698. The predicted molar refractivity (Wildman–Crippen MR) is 88.4 cm³/mol. The monoisotopic (exact) mass is 295 g/mol. The Morgan fingerprint density at radius 2 is 2.05 bits per heavy atom. The first-order chi connectivity index (χ1) is 9.65. The van der Waals surface area contributed by atoms with Crippen LogP contribution in [0, 0.1) is 5.92 Å². The molecule has 0 aromatic carbocycles. The molecule has 1 fully saturated rings. The number of thiazole rings is 1. The average Bonchev–Trinajstić information content (AvgIpc) is 3.05. The van der Waals surface area contributed by atoms with Gasteiger partial charge in [0.05, 0.1) is 5.69 Å². The maximum absolute atomic E-state index is 5.90. The van der Waals surface area contributed by atoms with Crippen molar-refractivity contribution < 1.29 is 0 Å². The Kier molecular flexibility index (Phi) is 5.85. The third kappa shape index (κ3) is 3.73. The molecule has 0 bridgehead atoms. The second-order valence-corrected chi connectivity index (χ2v) is 7.37. The van der Waals surface area contributed by atoms with E-state index < -0.39 is 0 Å². The first kappa shape index (κ1) is 15.8. The van der Waals surface area contributed by atoms with E-state index in [0.717, 1.165) is 19.4 Å². The highest BCUT2D eigenvalue weighted by Crippen LogP contribution is 2.33. The van der Waals surface area contributed by atoms with Crippen LogP contribution in [0.25, 0.3) is 0 Å². The van der Waals surface area contributed by atoms with E-state index in [9.17, 15) is 0 Å². The lowest BCUT2D eigenvalue weighted by atomic mass is 10.1. The van der Waals surface area contributed by atoms with Gasteiger partial charge in [-0.2, -0.15) is 0 Å². The van der Waals surface area contributed by atoms with E-state index in [2.05, 4.69) is 25.7 Å². The van der Waals surface area contributed by atoms with Crippen molar-refractivity contribution in [2.45, 2.75) is 71.9 Å². The minimum absolute atomic E-state index is 0.632. The van der Waals surface area contributed by atoms with Gasteiger partial charge in [-0.25, -0.2) is 4.98 Å². The summed E-state index contributed by atoms with van der Waals surface area (Å²) in [5.74, 6) is 0.676. The Morgan fingerprint density at radius 3 is 2.60 bits per heavy atom. The third-order valence-electron chi connectivity index (χ3n) is 4.01. The number of aryl methyl sites for hydroxylation is 1. The molecule has 0 saturated heterocycles. The summed E-state index contributed by atoms with van der Waals surface area (Å²) in [5.41, 5.74) is 7.14. The molecule has 0 amide bonds. The van der Waals surface area contributed by atoms with E-state index in [1.54, 1.807) is 0 Å². The van der Waals surface area contributed by atoms with Gasteiger partial charge in [0.2, 0.25) is 0 Å². The highest BCUT2D eigenvalue weighted by molar-refractivity contribution is 7.15. The van der Waals surface area contributed by atoms with E-state index in [4.69, 9.17) is 10.7 Å². The van der Waals surface area contributed by atoms with Crippen LogP contribution in [0.5, 0.6) is 0 Å². The van der Waals surface area contributed by atoms with Crippen LogP contribution in [0.15, 0.2) is 0 Å². The quantitative estimate of drug-likeness (QED) is 0.828. The average molecular weight is 295 g/mol. The number of hydrogen-bond acceptors (Lipinski definition) is 4. The van der Waals surface area contributed by atoms with Gasteiger partial charge in [0.15, 0.2) is 5.13 Å². The van der Waals surface area contributed by atoms with Crippen molar-refractivity contribution in [3.8, 4) is 0 Å². The lowest BCUT2D eigenvalue weighted by molar-refractivity contribution is 0.534. The zero-order valence-electron chi connectivity index (χ0n) is 13.2. The highest BCUT2D eigenvalue weighted by Gasteiger charge is 2.26. The van der Waals surface area contributed by atoms with Crippen molar-refractivity contribution in [2.24, 2.45) is 11.7 Å². The Balaban J connectivity index is 2.22. The Morgan fingerprint density at radius 1 is 1.35 bits per heavy atom. The van der Waals surface area contributed by atoms with Gasteiger partial charge in [-0.3, -0.25) is 0 Å². The minimum Gasteiger partial charge on any atom is -0.345 e. The van der Waals surface area contributed by atoms with Crippen molar-refractivity contribution in [3.63, 3.8) is 0 Å². The molecule has 1 aliphatic carbocycles. The number of anilines is 1. The van der Waals surface area contributed by atoms with Crippen LogP contribution in [0.2, 0.25) is 0 Å². The van der Waals surface area contributed by atoms with E-state index in [1.165, 1.54) is 41.4 Å². The molecule has 1 aromatic heterocycles. The number of rotatable bonds is 7. The summed E-state index contributed by atoms with van der Waals surface area (Å²) in [6.07, 6.45) is 7.60. The van der Waals surface area contributed by atoms with Gasteiger partial charge >= 0.3 is 0 Å². The van der Waals surface area contributed by atoms with Gasteiger partial charge in [0.1, 0.15) is 0 Å². The number of aromatic nitrogens is 1. The second kappa shape index (κ2) is 7.41. The maximum atomic E-state index is 5.90. The zero-order valence-corrected chi connectivity index (χ0v) is 14.0. The van der Waals surface area contributed by atoms with Gasteiger partial charge < -0.3 is 10.6 Å². The van der Waals surface area contributed by atoms with E-state index in [0.29, 0.717) is 18.5 Å². The SMILES string of the molecule is CCCc1nc(N(CC(C)C)C2CCCC2)sc1CN. The highest BCUT2D eigenvalue weighted by atomic mass is 32.1. The molecule has 1 heterocycles. The standard InChI is InChI=1S/C16H29N3S/c1-4-7-14-15(10-17)20-16(18-14)19(11-12(2)3)13-8-5-6-9-13/h12-13H,4-11,17H2,1-3H3. The van der Waals surface area contributed by atoms with E-state index in [1.807, 2.05) is 11.3 Å². The zero-order chi connectivity index (χ0) is 14.5. The van der Waals surface area contributed by atoms with Crippen molar-refractivity contribution in [2.75, 3.05) is 11.4 Å². The predicted octanol–water partition coefficient (Wildman–Crippen LogP) is 3.96. The molecule has 0 atom stereocenters. The van der Waals surface area contributed by atoms with Crippen molar-refractivity contribution in [1.82, 2.24) is 4.98 Å². The molecule has 0 aliphatic heterocycles. The smallest absolute Gasteiger partial charge is 0.186 e. The molecule has 3 nitrogen and oxygen atoms in total. The molecule has 1 aliphatic rings. The summed E-state index contributed by atoms with van der Waals surface area (Å²) in [4.78, 5) is 8.79. The molecule has 0 unspecified atom stereocenters. The fraction of sp³-hybridized carbons (Fsp3) is 0.812. The molecule has 0 radical (unpaired) electrons. The molecule has 0 spiro atoms. The lowest BCUT2D eigenvalue weighted by Crippen LogP contribution is -2.36. The van der Waals surface area contributed by atoms with Crippen molar-refractivity contribution in [3.05, 3.63) is 10.6 Å². The van der Waals surface area contributed by atoms with E-state index >= 15 is 0 Å². The first-order valence-corrected chi connectivity index (χ1v) is 8.92. The molecular weight excluding hydrogens is 266 g/mol. The second-order valence-electron chi connectivity index (χ2n) is 6.30. The molecule has 2 rings (SSSR count). The molecule has 2 N–H and O–H groups in total. The fourth-order valence-electron chi connectivity index (χ4n) is 3.08. The van der Waals surface area contributed by atoms with Gasteiger partial charge in [0.25, 0.3) is 0 Å². The molecule has 4 heteroatoms. The molecule has 20 heavy (non-hydrogen) atoms. The van der Waals surface area contributed by atoms with Gasteiger partial charge in [-0.15, -0.1) is 11.3 Å². The summed E-state index contributed by atoms with van der Waals surface area (Å²) in [6.45, 7) is 8.56. The Labute approximate surface area is 127 Å². The molecule has 1 aromatic rings. The van der Waals surface area contributed by atoms with Crippen LogP contribution in [-0.4, -0.2) is 17.6 Å². The first-order valence-electron chi connectivity index (χ1n) is 8.11. The number of nitrogens with zero attached hydrogens (tertiary/aromatic N) is 2. The number of nitrogens with two attached hydrogens (primary N) is 1. The lowest BCUT2D eigenvalue weighted by Gasteiger charge is -2.30. The van der Waals surface area contributed by atoms with Crippen LogP contribution in [0.3, 0.4) is 0 Å². The molecule has 114 valence electrons. The van der Waals surface area contributed by atoms with Gasteiger partial charge in [-0.1, -0.05) is 40.0 Å². The molecule has 1 saturated carbocycles. The number of hydrogen-bond donors (Lipinski definition) is 1. The van der Waals surface area contributed by atoms with Crippen LogP contribution in [0.4, 0.5) is 5.13 Å². The van der Waals surface area contributed by atoms with Crippen LogP contribution in [0.1, 0.15) is 63.4 Å². The van der Waals surface area contributed by atoms with Gasteiger partial charge in [0, 0.05) is 24.0 Å². The van der Waals surface area contributed by atoms with Crippen molar-refractivity contribution >= 4 is 16.5 Å². The van der Waals surface area contributed by atoms with Crippen molar-refractivity contribution in [1.29, 1.82) is 0 Å². The maximum Gasteiger partial charge on any atom is 0.186 e. The van der Waals surface area contributed by atoms with E-state index in [-0.39, 0.29) is 0 Å². The normalized spacial score (nSPS) is 16.2.